The summed E-state index contributed by atoms with van der Waals surface area (Å²) in [5.74, 6) is 0.347. The fraction of sp³-hybridized carbons (Fsp3) is 0.240. The Balaban J connectivity index is 1.49. The molecule has 7 heteroatoms. The molecule has 3 aromatic carbocycles. The number of aryl methyl sites for hydroxylation is 1. The minimum atomic E-state index is -3.86. The molecule has 0 bridgehead atoms. The van der Waals surface area contributed by atoms with Gasteiger partial charge in [-0.05, 0) is 67.3 Å². The van der Waals surface area contributed by atoms with Crippen molar-refractivity contribution in [1.82, 2.24) is 5.32 Å². The lowest BCUT2D eigenvalue weighted by molar-refractivity contribution is 0.0949. The van der Waals surface area contributed by atoms with E-state index in [9.17, 15) is 13.2 Å². The van der Waals surface area contributed by atoms with E-state index in [2.05, 4.69) is 22.2 Å². The van der Waals surface area contributed by atoms with Crippen molar-refractivity contribution in [2.45, 2.75) is 30.1 Å². The molecule has 1 saturated carbocycles. The quantitative estimate of drug-likeness (QED) is 0.537. The smallest absolute Gasteiger partial charge is 0.262 e. The summed E-state index contributed by atoms with van der Waals surface area (Å²) >= 11 is 0. The van der Waals surface area contributed by atoms with Gasteiger partial charge in [-0.1, -0.05) is 36.4 Å². The van der Waals surface area contributed by atoms with Gasteiger partial charge < -0.3 is 10.1 Å². The number of benzene rings is 3. The summed E-state index contributed by atoms with van der Waals surface area (Å²) in [5, 5.41) is 2.99. The lowest BCUT2D eigenvalue weighted by atomic mass is 9.96. The number of methoxy groups -OCH3 is 1. The average molecular weight is 451 g/mol. The van der Waals surface area contributed by atoms with Gasteiger partial charge in [0.1, 0.15) is 5.75 Å². The van der Waals surface area contributed by atoms with Crippen LogP contribution in [0.25, 0.3) is 0 Å². The van der Waals surface area contributed by atoms with Gasteiger partial charge in [0, 0.05) is 23.2 Å². The number of amides is 1. The maximum atomic E-state index is 13.0. The van der Waals surface area contributed by atoms with Crippen LogP contribution in [-0.2, 0) is 15.4 Å². The molecule has 0 spiro atoms. The summed E-state index contributed by atoms with van der Waals surface area (Å²) in [6.45, 7) is 2.23. The number of anilines is 1. The number of sulfonamides is 1. The van der Waals surface area contributed by atoms with Crippen molar-refractivity contribution in [3.8, 4) is 5.75 Å². The summed E-state index contributed by atoms with van der Waals surface area (Å²) in [7, 11) is -2.32. The number of hydrogen-bond donors (Lipinski definition) is 2. The molecular weight excluding hydrogens is 424 g/mol. The number of ether oxygens (including phenoxy) is 1. The molecule has 0 unspecified atom stereocenters. The highest BCUT2D eigenvalue weighted by Gasteiger charge is 2.44. The highest BCUT2D eigenvalue weighted by atomic mass is 32.2. The number of rotatable bonds is 8. The topological polar surface area (TPSA) is 84.5 Å². The van der Waals surface area contributed by atoms with Crippen molar-refractivity contribution in [1.29, 1.82) is 0 Å². The highest BCUT2D eigenvalue weighted by molar-refractivity contribution is 7.92. The first kappa shape index (κ1) is 21.9. The zero-order chi connectivity index (χ0) is 22.8. The third kappa shape index (κ3) is 4.62. The number of nitrogens with one attached hydrogen (secondary N) is 2. The first-order valence-corrected chi connectivity index (χ1v) is 11.9. The van der Waals surface area contributed by atoms with Crippen LogP contribution in [0.1, 0.15) is 34.3 Å². The standard InChI is InChI=1S/C25H26N2O4S/c1-18-8-9-19(24(28)26-17-25(14-15-25)20-6-4-3-5-7-20)16-23(18)32(29,30)27-21-10-12-22(31-2)13-11-21/h3-13,16,27H,14-15,17H2,1-2H3,(H,26,28). The van der Waals surface area contributed by atoms with E-state index in [1.807, 2.05) is 18.2 Å². The Labute approximate surface area is 188 Å². The summed E-state index contributed by atoms with van der Waals surface area (Å²) in [6.07, 6.45) is 2.05. The summed E-state index contributed by atoms with van der Waals surface area (Å²) in [5.41, 5.74) is 2.49. The number of carbonyl (C=O) groups excluding carboxylic acids is 1. The van der Waals surface area contributed by atoms with Crippen molar-refractivity contribution in [2.24, 2.45) is 0 Å². The first-order chi connectivity index (χ1) is 15.3. The number of hydrogen-bond acceptors (Lipinski definition) is 4. The minimum Gasteiger partial charge on any atom is -0.497 e. The van der Waals surface area contributed by atoms with Crippen LogP contribution in [0, 0.1) is 6.92 Å². The summed E-state index contributed by atoms with van der Waals surface area (Å²) < 4.78 is 33.6. The van der Waals surface area contributed by atoms with Gasteiger partial charge in [0.05, 0.1) is 12.0 Å². The molecule has 1 aliphatic rings. The first-order valence-electron chi connectivity index (χ1n) is 10.4. The second-order valence-corrected chi connectivity index (χ2v) is 9.79. The molecule has 4 rings (SSSR count). The largest absolute Gasteiger partial charge is 0.497 e. The molecular formula is C25H26N2O4S. The average Bonchev–Trinajstić information content (AvgIpc) is 3.60. The molecule has 0 saturated heterocycles. The van der Waals surface area contributed by atoms with Crippen LogP contribution in [0.15, 0.2) is 77.7 Å². The molecule has 166 valence electrons. The van der Waals surface area contributed by atoms with Crippen LogP contribution in [0.3, 0.4) is 0 Å². The Morgan fingerprint density at radius 1 is 1.00 bits per heavy atom. The second-order valence-electron chi connectivity index (χ2n) is 8.14. The van der Waals surface area contributed by atoms with Gasteiger partial charge in [-0.2, -0.15) is 0 Å². The fourth-order valence-corrected chi connectivity index (χ4v) is 5.09. The SMILES string of the molecule is COc1ccc(NS(=O)(=O)c2cc(C(=O)NCC3(c4ccccc4)CC3)ccc2C)cc1. The number of carbonyl (C=O) groups is 1. The van der Waals surface area contributed by atoms with Crippen molar-refractivity contribution in [2.75, 3.05) is 18.4 Å². The molecule has 0 aliphatic heterocycles. The third-order valence-electron chi connectivity index (χ3n) is 5.91. The van der Waals surface area contributed by atoms with Crippen LogP contribution in [0.2, 0.25) is 0 Å². The normalized spacial score (nSPS) is 14.4. The van der Waals surface area contributed by atoms with Crippen LogP contribution in [0.5, 0.6) is 5.75 Å². The second kappa shape index (κ2) is 8.67. The monoisotopic (exact) mass is 450 g/mol. The van der Waals surface area contributed by atoms with Gasteiger partial charge in [-0.15, -0.1) is 0 Å². The van der Waals surface area contributed by atoms with Crippen LogP contribution >= 0.6 is 0 Å². The molecule has 1 fully saturated rings. The van der Waals surface area contributed by atoms with Crippen molar-refractivity contribution < 1.29 is 17.9 Å². The summed E-state index contributed by atoms with van der Waals surface area (Å²) in [6, 6.07) is 21.5. The lowest BCUT2D eigenvalue weighted by Gasteiger charge is -2.17. The van der Waals surface area contributed by atoms with Gasteiger partial charge in [0.15, 0.2) is 0 Å². The van der Waals surface area contributed by atoms with Gasteiger partial charge in [-0.25, -0.2) is 8.42 Å². The molecule has 32 heavy (non-hydrogen) atoms. The molecule has 0 radical (unpaired) electrons. The van der Waals surface area contributed by atoms with E-state index in [-0.39, 0.29) is 16.2 Å². The zero-order valence-electron chi connectivity index (χ0n) is 18.1. The Morgan fingerprint density at radius 2 is 1.69 bits per heavy atom. The molecule has 0 aromatic heterocycles. The third-order valence-corrected chi connectivity index (χ3v) is 7.43. The zero-order valence-corrected chi connectivity index (χ0v) is 18.9. The molecule has 2 N–H and O–H groups in total. The molecule has 0 heterocycles. The van der Waals surface area contributed by atoms with E-state index in [0.717, 1.165) is 12.8 Å². The van der Waals surface area contributed by atoms with E-state index in [4.69, 9.17) is 4.74 Å². The maximum absolute atomic E-state index is 13.0. The van der Waals surface area contributed by atoms with E-state index >= 15 is 0 Å². The van der Waals surface area contributed by atoms with Crippen LogP contribution in [0.4, 0.5) is 5.69 Å². The Hall–Kier alpha value is -3.32. The van der Waals surface area contributed by atoms with Gasteiger partial charge >= 0.3 is 0 Å². The van der Waals surface area contributed by atoms with Crippen molar-refractivity contribution >= 4 is 21.6 Å². The van der Waals surface area contributed by atoms with Crippen molar-refractivity contribution in [3.05, 3.63) is 89.5 Å². The maximum Gasteiger partial charge on any atom is 0.262 e. The van der Waals surface area contributed by atoms with Gasteiger partial charge in [0.2, 0.25) is 0 Å². The predicted octanol–water partition coefficient (Wildman–Crippen LogP) is 4.27. The van der Waals surface area contributed by atoms with Crippen LogP contribution < -0.4 is 14.8 Å². The van der Waals surface area contributed by atoms with E-state index < -0.39 is 10.0 Å². The molecule has 0 atom stereocenters. The van der Waals surface area contributed by atoms with E-state index in [1.165, 1.54) is 11.6 Å². The fourth-order valence-electron chi connectivity index (χ4n) is 3.76. The lowest BCUT2D eigenvalue weighted by Crippen LogP contribution is -2.32. The molecule has 1 amide bonds. The Morgan fingerprint density at radius 3 is 2.31 bits per heavy atom. The molecule has 1 aliphatic carbocycles. The van der Waals surface area contributed by atoms with Crippen LogP contribution in [-0.4, -0.2) is 28.0 Å². The van der Waals surface area contributed by atoms with E-state index in [0.29, 0.717) is 29.1 Å². The molecule has 6 nitrogen and oxygen atoms in total. The summed E-state index contributed by atoms with van der Waals surface area (Å²) in [4.78, 5) is 12.9. The molecule has 3 aromatic rings. The Kier molecular flexibility index (Phi) is 5.93. The minimum absolute atomic E-state index is 0.0214. The Bertz CT molecular complexity index is 1220. The van der Waals surface area contributed by atoms with E-state index in [1.54, 1.807) is 50.4 Å². The predicted molar refractivity (Wildman–Crippen MR) is 125 cm³/mol. The highest BCUT2D eigenvalue weighted by Crippen LogP contribution is 2.47. The van der Waals surface area contributed by atoms with Gasteiger partial charge in [-0.3, -0.25) is 9.52 Å². The van der Waals surface area contributed by atoms with Crippen molar-refractivity contribution in [3.63, 3.8) is 0 Å². The van der Waals surface area contributed by atoms with Gasteiger partial charge in [0.25, 0.3) is 15.9 Å².